The number of thioether (sulfide) groups is 1. The van der Waals surface area contributed by atoms with E-state index in [1.54, 1.807) is 0 Å². The van der Waals surface area contributed by atoms with Crippen LogP contribution < -0.4 is 4.74 Å². The highest BCUT2D eigenvalue weighted by molar-refractivity contribution is 8.04. The van der Waals surface area contributed by atoms with Crippen LogP contribution in [0.4, 0.5) is 0 Å². The maximum atomic E-state index is 12.8. The fourth-order valence-electron chi connectivity index (χ4n) is 3.80. The summed E-state index contributed by atoms with van der Waals surface area (Å²) in [6.07, 6.45) is 1.96. The fourth-order valence-corrected chi connectivity index (χ4v) is 5.04. The van der Waals surface area contributed by atoms with Crippen molar-refractivity contribution >= 4 is 40.9 Å². The van der Waals surface area contributed by atoms with Crippen LogP contribution in [0.1, 0.15) is 19.4 Å². The van der Waals surface area contributed by atoms with Gasteiger partial charge in [-0.3, -0.25) is 4.79 Å². The smallest absolute Gasteiger partial charge is 0.310 e. The van der Waals surface area contributed by atoms with Gasteiger partial charge < -0.3 is 9.47 Å². The first-order valence-corrected chi connectivity index (χ1v) is 12.2. The molecule has 0 bridgehead atoms. The normalized spacial score (nSPS) is 19.1. The lowest BCUT2D eigenvalue weighted by Gasteiger charge is -2.09. The van der Waals surface area contributed by atoms with Crippen LogP contribution in [0.2, 0.25) is 5.02 Å². The van der Waals surface area contributed by atoms with Crippen molar-refractivity contribution in [1.29, 1.82) is 0 Å². The first-order chi connectivity index (χ1) is 15.8. The summed E-state index contributed by atoms with van der Waals surface area (Å²) in [6.45, 7) is 4.32. The highest BCUT2D eigenvalue weighted by Crippen LogP contribution is 2.60. The molecule has 6 heteroatoms. The minimum Gasteiger partial charge on any atom is -0.461 e. The predicted molar refractivity (Wildman–Crippen MR) is 135 cm³/mol. The monoisotopic (exact) mass is 498 g/mol. The number of hydrogen-bond donors (Lipinski definition) is 0. The molecule has 3 nitrogen and oxygen atoms in total. The summed E-state index contributed by atoms with van der Waals surface area (Å²) < 4.78 is 12.1. The number of halogens is 2. The summed E-state index contributed by atoms with van der Waals surface area (Å²) in [5.41, 5.74) is 0.675. The van der Waals surface area contributed by atoms with E-state index in [2.05, 4.69) is 13.8 Å². The van der Waals surface area contributed by atoms with Crippen LogP contribution in [-0.2, 0) is 16.1 Å². The molecule has 3 aromatic rings. The quantitative estimate of drug-likeness (QED) is 0.231. The van der Waals surface area contributed by atoms with E-state index in [1.807, 2.05) is 84.9 Å². The van der Waals surface area contributed by atoms with Gasteiger partial charge >= 0.3 is 5.97 Å². The molecule has 1 saturated carbocycles. The third-order valence-corrected chi connectivity index (χ3v) is 7.21. The Morgan fingerprint density at radius 1 is 1.00 bits per heavy atom. The second-order valence-corrected chi connectivity index (χ2v) is 10.7. The molecule has 1 aliphatic carbocycles. The van der Waals surface area contributed by atoms with Crippen LogP contribution in [-0.4, -0.2) is 5.97 Å². The zero-order valence-electron chi connectivity index (χ0n) is 18.3. The number of ether oxygens (including phenoxy) is 2. The minimum absolute atomic E-state index is 0.0325. The number of allylic oxidation sites excluding steroid dienone is 1. The Balaban J connectivity index is 1.34. The third kappa shape index (κ3) is 6.14. The molecule has 0 aliphatic heterocycles. The molecule has 4 rings (SSSR count). The molecule has 0 heterocycles. The number of hydrogen-bond acceptors (Lipinski definition) is 4. The van der Waals surface area contributed by atoms with Gasteiger partial charge in [0.25, 0.3) is 0 Å². The van der Waals surface area contributed by atoms with Gasteiger partial charge in [0, 0.05) is 9.92 Å². The SMILES string of the molecule is CC1(C)C(/C=C(\Cl)Sc2ccc(Cl)cc2)C1C(=O)OCc1cccc(Oc2ccccc2)c1. The van der Waals surface area contributed by atoms with Gasteiger partial charge in [0.05, 0.1) is 10.3 Å². The van der Waals surface area contributed by atoms with E-state index in [-0.39, 0.29) is 29.8 Å². The van der Waals surface area contributed by atoms with Crippen molar-refractivity contribution in [2.24, 2.45) is 17.3 Å². The maximum Gasteiger partial charge on any atom is 0.310 e. The van der Waals surface area contributed by atoms with E-state index in [0.29, 0.717) is 15.1 Å². The lowest BCUT2D eigenvalue weighted by atomic mass is 10.1. The standard InChI is InChI=1S/C27H24Cl2O3S/c1-27(2)23(16-24(29)33-22-13-11-19(28)12-14-22)25(27)26(30)31-17-18-7-6-10-21(15-18)32-20-8-4-3-5-9-20/h3-16,23,25H,17H2,1-2H3/b24-16+. The number of rotatable bonds is 8. The number of benzene rings is 3. The van der Waals surface area contributed by atoms with Crippen LogP contribution in [0, 0.1) is 17.3 Å². The average molecular weight is 499 g/mol. The van der Waals surface area contributed by atoms with E-state index < -0.39 is 0 Å². The van der Waals surface area contributed by atoms with Gasteiger partial charge in [0.15, 0.2) is 0 Å². The fraction of sp³-hybridized carbons (Fsp3) is 0.222. The topological polar surface area (TPSA) is 35.5 Å². The molecule has 0 radical (unpaired) electrons. The summed E-state index contributed by atoms with van der Waals surface area (Å²) in [6, 6.07) is 24.6. The number of carbonyl (C=O) groups excluding carboxylic acids is 1. The lowest BCUT2D eigenvalue weighted by Crippen LogP contribution is -2.10. The van der Waals surface area contributed by atoms with E-state index >= 15 is 0 Å². The van der Waals surface area contributed by atoms with Crippen molar-refractivity contribution in [2.45, 2.75) is 25.3 Å². The Labute approximate surface area is 208 Å². The molecular formula is C27H24Cl2O3S. The Kier molecular flexibility index (Phi) is 7.38. The minimum atomic E-state index is -0.221. The summed E-state index contributed by atoms with van der Waals surface area (Å²) in [4.78, 5) is 13.8. The molecule has 0 N–H and O–H groups in total. The van der Waals surface area contributed by atoms with Crippen LogP contribution in [0.25, 0.3) is 0 Å². The van der Waals surface area contributed by atoms with Crippen LogP contribution in [0.15, 0.2) is 94.2 Å². The van der Waals surface area contributed by atoms with Crippen molar-refractivity contribution in [3.05, 3.63) is 99.9 Å². The van der Waals surface area contributed by atoms with E-state index in [4.69, 9.17) is 32.7 Å². The second kappa shape index (κ2) is 10.3. The Hall–Kier alpha value is -2.40. The van der Waals surface area contributed by atoms with E-state index in [0.717, 1.165) is 16.2 Å². The van der Waals surface area contributed by atoms with Crippen molar-refractivity contribution < 1.29 is 14.3 Å². The number of para-hydroxylation sites is 1. The Morgan fingerprint density at radius 3 is 2.42 bits per heavy atom. The first-order valence-electron chi connectivity index (χ1n) is 10.6. The molecule has 0 amide bonds. The Morgan fingerprint density at radius 2 is 1.70 bits per heavy atom. The summed E-state index contributed by atoms with van der Waals surface area (Å²) >= 11 is 13.9. The first kappa shape index (κ1) is 23.7. The van der Waals surface area contributed by atoms with Gasteiger partial charge in [0.1, 0.15) is 18.1 Å². The van der Waals surface area contributed by atoms with Crippen LogP contribution in [0.3, 0.4) is 0 Å². The number of esters is 1. The largest absolute Gasteiger partial charge is 0.461 e. The maximum absolute atomic E-state index is 12.8. The molecule has 1 aliphatic rings. The van der Waals surface area contributed by atoms with Gasteiger partial charge in [0.2, 0.25) is 0 Å². The summed E-state index contributed by atoms with van der Waals surface area (Å²) in [5, 5.41) is 0.683. The lowest BCUT2D eigenvalue weighted by molar-refractivity contribution is -0.147. The molecule has 0 spiro atoms. The predicted octanol–water partition coefficient (Wildman–Crippen LogP) is 8.32. The zero-order valence-corrected chi connectivity index (χ0v) is 20.7. The number of carbonyl (C=O) groups is 1. The molecule has 1 fully saturated rings. The summed E-state index contributed by atoms with van der Waals surface area (Å²) in [5.74, 6) is 1.06. The van der Waals surface area contributed by atoms with Gasteiger partial charge in [-0.2, -0.15) is 0 Å². The molecule has 0 saturated heterocycles. The van der Waals surface area contributed by atoms with Gasteiger partial charge in [-0.25, -0.2) is 0 Å². The van der Waals surface area contributed by atoms with Gasteiger partial charge in [-0.1, -0.05) is 85.2 Å². The Bertz CT molecular complexity index is 1140. The summed E-state index contributed by atoms with van der Waals surface area (Å²) in [7, 11) is 0. The highest BCUT2D eigenvalue weighted by Gasteiger charge is 2.61. The van der Waals surface area contributed by atoms with Crippen LogP contribution in [0.5, 0.6) is 11.5 Å². The van der Waals surface area contributed by atoms with Crippen molar-refractivity contribution in [2.75, 3.05) is 0 Å². The van der Waals surface area contributed by atoms with E-state index in [1.165, 1.54) is 11.8 Å². The zero-order chi connectivity index (χ0) is 23.4. The third-order valence-electron chi connectivity index (χ3n) is 5.76. The van der Waals surface area contributed by atoms with E-state index in [9.17, 15) is 4.79 Å². The van der Waals surface area contributed by atoms with Crippen molar-refractivity contribution in [3.8, 4) is 11.5 Å². The van der Waals surface area contributed by atoms with Gasteiger partial charge in [-0.05, 0) is 65.4 Å². The molecule has 2 unspecified atom stereocenters. The average Bonchev–Trinajstić information content (AvgIpc) is 3.34. The van der Waals surface area contributed by atoms with Crippen molar-refractivity contribution in [1.82, 2.24) is 0 Å². The molecular weight excluding hydrogens is 475 g/mol. The van der Waals surface area contributed by atoms with Crippen molar-refractivity contribution in [3.63, 3.8) is 0 Å². The van der Waals surface area contributed by atoms with Crippen LogP contribution >= 0.6 is 35.0 Å². The van der Waals surface area contributed by atoms with Gasteiger partial charge in [-0.15, -0.1) is 0 Å². The highest BCUT2D eigenvalue weighted by atomic mass is 35.5. The molecule has 2 atom stereocenters. The molecule has 3 aromatic carbocycles. The molecule has 170 valence electrons. The second-order valence-electron chi connectivity index (χ2n) is 8.52. The molecule has 0 aromatic heterocycles. The molecule has 33 heavy (non-hydrogen) atoms.